The van der Waals surface area contributed by atoms with Gasteiger partial charge in [-0.25, -0.2) is 0 Å². The van der Waals surface area contributed by atoms with Crippen LogP contribution in [-0.2, 0) is 34.1 Å². The number of carboxylic acid groups (broad SMARTS) is 1. The van der Waals surface area contributed by atoms with E-state index in [4.69, 9.17) is 4.43 Å². The number of aromatic amines is 1. The number of H-pyrrole nitrogens is 1. The molecule has 0 aliphatic heterocycles. The van der Waals surface area contributed by atoms with Gasteiger partial charge in [0.15, 0.2) is 8.32 Å². The number of nitrogens with zero attached hydrogens (tertiary/aromatic N) is 1. The fraction of sp³-hybridized carbons (Fsp3) is 0.432. The zero-order valence-corrected chi connectivity index (χ0v) is 33.3. The number of hydrogen-bond donors (Lipinski definition) is 4. The third-order valence-corrected chi connectivity index (χ3v) is 16.4. The Morgan fingerprint density at radius 2 is 1.72 bits per heavy atom. The molecule has 3 aromatic carbocycles. The molecule has 2 heterocycles. The number of pyridine rings is 2. The number of carboxylic acids is 1. The molecule has 1 aliphatic rings. The molecule has 9 nitrogen and oxygen atoms in total. The number of aromatic hydroxyl groups is 1. The van der Waals surface area contributed by atoms with Crippen molar-refractivity contribution in [1.82, 2.24) is 14.9 Å². The van der Waals surface area contributed by atoms with Crippen molar-refractivity contribution in [3.63, 3.8) is 0 Å². The van der Waals surface area contributed by atoms with E-state index < -0.39 is 19.7 Å². The Morgan fingerprint density at radius 3 is 2.46 bits per heavy atom. The first-order valence-electron chi connectivity index (χ1n) is 19.4. The second kappa shape index (κ2) is 16.1. The molecule has 5 aromatic rings. The standard InChI is InChI=1S/C44H55N3O6Si/c1-43(2,3)54(4,5)53-38(34-17-20-37(48)41-35(34)18-21-39(49)46-41)29-45-28-31-15-19-36-32(26-31)16-22-40(50)47(36)25-10-7-12-30-13-11-14-33(27-30)44(42(51)52)23-8-6-9-24-44/h11,13-22,26-27,38,45,48H,6-10,12,23-25,28-29H2,1-5H3,(H,46,49)(H,51,52)/t38-/m0/s1. The lowest BCUT2D eigenvalue weighted by Crippen LogP contribution is -2.43. The van der Waals surface area contributed by atoms with E-state index in [-0.39, 0.29) is 28.0 Å². The molecule has 0 bridgehead atoms. The lowest BCUT2D eigenvalue weighted by atomic mass is 9.69. The number of aromatic nitrogens is 2. The van der Waals surface area contributed by atoms with Crippen LogP contribution in [0.1, 0.15) is 94.1 Å². The molecule has 1 atom stereocenters. The first-order valence-corrected chi connectivity index (χ1v) is 22.3. The van der Waals surface area contributed by atoms with Gasteiger partial charge in [0.1, 0.15) is 5.75 Å². The minimum absolute atomic E-state index is 0.0224. The number of unbranched alkanes of at least 4 members (excludes halogenated alkanes) is 1. The van der Waals surface area contributed by atoms with Crippen molar-refractivity contribution < 1.29 is 19.4 Å². The van der Waals surface area contributed by atoms with Gasteiger partial charge in [-0.15, -0.1) is 0 Å². The molecule has 2 aromatic heterocycles. The van der Waals surface area contributed by atoms with Crippen molar-refractivity contribution in [2.24, 2.45) is 0 Å². The van der Waals surface area contributed by atoms with Gasteiger partial charge in [0.05, 0.1) is 22.6 Å². The molecule has 0 unspecified atom stereocenters. The highest BCUT2D eigenvalue weighted by molar-refractivity contribution is 6.74. The van der Waals surface area contributed by atoms with Crippen molar-refractivity contribution in [1.29, 1.82) is 0 Å². The van der Waals surface area contributed by atoms with E-state index >= 15 is 0 Å². The van der Waals surface area contributed by atoms with Crippen LogP contribution in [0.3, 0.4) is 0 Å². The lowest BCUT2D eigenvalue weighted by molar-refractivity contribution is -0.145. The van der Waals surface area contributed by atoms with E-state index in [2.05, 4.69) is 68.4 Å². The smallest absolute Gasteiger partial charge is 0.314 e. The van der Waals surface area contributed by atoms with Crippen LogP contribution < -0.4 is 16.4 Å². The Bertz CT molecular complexity index is 2250. The average Bonchev–Trinajstić information content (AvgIpc) is 3.14. The Balaban J connectivity index is 1.13. The average molecular weight is 750 g/mol. The summed E-state index contributed by atoms with van der Waals surface area (Å²) in [6, 6.07) is 24.6. The number of phenols is 1. The maximum atomic E-state index is 13.0. The fourth-order valence-corrected chi connectivity index (χ4v) is 9.01. The third-order valence-electron chi connectivity index (χ3n) is 11.9. The van der Waals surface area contributed by atoms with Crippen LogP contribution in [0.5, 0.6) is 5.75 Å². The van der Waals surface area contributed by atoms with Crippen molar-refractivity contribution in [3.8, 4) is 5.75 Å². The summed E-state index contributed by atoms with van der Waals surface area (Å²) in [5, 5.41) is 26.0. The van der Waals surface area contributed by atoms with Crippen molar-refractivity contribution >= 4 is 36.1 Å². The van der Waals surface area contributed by atoms with Crippen molar-refractivity contribution in [2.45, 2.75) is 115 Å². The van der Waals surface area contributed by atoms with Gasteiger partial charge in [-0.05, 0) is 108 Å². The Labute approximate surface area is 318 Å². The summed E-state index contributed by atoms with van der Waals surface area (Å²) in [6.45, 7) is 12.8. The molecule has 1 aliphatic carbocycles. The number of carbonyl (C=O) groups is 1. The van der Waals surface area contributed by atoms with Gasteiger partial charge >= 0.3 is 5.97 Å². The normalized spacial score (nSPS) is 15.4. The van der Waals surface area contributed by atoms with Gasteiger partial charge in [-0.1, -0.05) is 76.4 Å². The predicted octanol–water partition coefficient (Wildman–Crippen LogP) is 8.71. The van der Waals surface area contributed by atoms with Crippen LogP contribution in [0.25, 0.3) is 21.8 Å². The minimum atomic E-state index is -2.22. The summed E-state index contributed by atoms with van der Waals surface area (Å²) in [6.07, 6.45) is 6.61. The largest absolute Gasteiger partial charge is 0.506 e. The molecule has 0 spiro atoms. The molecule has 0 saturated heterocycles. The Hall–Kier alpha value is -4.51. The van der Waals surface area contributed by atoms with Gasteiger partial charge < -0.3 is 29.5 Å². The number of nitrogens with one attached hydrogen (secondary N) is 2. The van der Waals surface area contributed by atoms with Gasteiger partial charge in [-0.3, -0.25) is 14.4 Å². The molecule has 0 amide bonds. The van der Waals surface area contributed by atoms with Crippen molar-refractivity contribution in [2.75, 3.05) is 6.54 Å². The van der Waals surface area contributed by atoms with Gasteiger partial charge in [-0.2, -0.15) is 0 Å². The number of aryl methyl sites for hydroxylation is 2. The van der Waals surface area contributed by atoms with E-state index in [0.717, 1.165) is 77.1 Å². The number of rotatable bonds is 14. The lowest BCUT2D eigenvalue weighted by Gasteiger charge is -2.39. The molecule has 10 heteroatoms. The number of aliphatic carboxylic acids is 1. The molecule has 286 valence electrons. The number of benzene rings is 3. The molecule has 1 saturated carbocycles. The first-order chi connectivity index (χ1) is 25.7. The second-order valence-electron chi connectivity index (χ2n) is 16.6. The molecule has 4 N–H and O–H groups in total. The number of hydrogen-bond acceptors (Lipinski definition) is 6. The summed E-state index contributed by atoms with van der Waals surface area (Å²) in [7, 11) is -2.22. The predicted molar refractivity (Wildman–Crippen MR) is 219 cm³/mol. The quantitative estimate of drug-likeness (QED) is 0.0659. The fourth-order valence-electron chi connectivity index (χ4n) is 7.73. The third kappa shape index (κ3) is 8.41. The molecule has 54 heavy (non-hydrogen) atoms. The van der Waals surface area contributed by atoms with Gasteiger partial charge in [0, 0.05) is 37.2 Å². The molecular weight excluding hydrogens is 695 g/mol. The Kier molecular flexibility index (Phi) is 11.7. The molecule has 6 rings (SSSR count). The highest BCUT2D eigenvalue weighted by Gasteiger charge is 2.41. The van der Waals surface area contributed by atoms with Crippen LogP contribution in [0.15, 0.2) is 88.5 Å². The van der Waals surface area contributed by atoms with Crippen LogP contribution in [0.2, 0.25) is 18.1 Å². The van der Waals surface area contributed by atoms with Crippen LogP contribution >= 0.6 is 0 Å². The maximum Gasteiger partial charge on any atom is 0.314 e. The summed E-state index contributed by atoms with van der Waals surface area (Å²) in [5.74, 6) is -0.689. The summed E-state index contributed by atoms with van der Waals surface area (Å²) >= 11 is 0. The van der Waals surface area contributed by atoms with E-state index in [9.17, 15) is 24.6 Å². The first kappa shape index (κ1) is 39.2. The van der Waals surface area contributed by atoms with E-state index in [1.165, 1.54) is 6.07 Å². The molecule has 0 radical (unpaired) electrons. The summed E-state index contributed by atoms with van der Waals surface area (Å²) in [4.78, 5) is 40.3. The monoisotopic (exact) mass is 749 g/mol. The summed E-state index contributed by atoms with van der Waals surface area (Å²) < 4.78 is 8.82. The number of phenolic OH excluding ortho intramolecular Hbond substituents is 1. The van der Waals surface area contributed by atoms with Gasteiger partial charge in [0.2, 0.25) is 5.56 Å². The highest BCUT2D eigenvalue weighted by atomic mass is 28.4. The Morgan fingerprint density at radius 1 is 0.944 bits per heavy atom. The van der Waals surface area contributed by atoms with Gasteiger partial charge in [0.25, 0.3) is 5.56 Å². The maximum absolute atomic E-state index is 13.0. The SMILES string of the molecule is CC(C)(C)[Si](C)(C)O[C@@H](CNCc1ccc2c(ccc(=O)n2CCCCc2cccc(C3(C(=O)O)CCCCC3)c2)c1)c1ccc(O)c2[nH]c(=O)ccc12. The zero-order chi connectivity index (χ0) is 38.7. The second-order valence-corrected chi connectivity index (χ2v) is 21.4. The van der Waals surface area contributed by atoms with E-state index in [0.29, 0.717) is 38.0 Å². The zero-order valence-electron chi connectivity index (χ0n) is 32.3. The number of fused-ring (bicyclic) bond motifs is 2. The minimum Gasteiger partial charge on any atom is -0.506 e. The van der Waals surface area contributed by atoms with Crippen molar-refractivity contribution in [3.05, 3.63) is 122 Å². The van der Waals surface area contributed by atoms with E-state index in [1.54, 1.807) is 18.2 Å². The van der Waals surface area contributed by atoms with Crippen LogP contribution in [0.4, 0.5) is 0 Å². The van der Waals surface area contributed by atoms with Crippen LogP contribution in [-0.4, -0.2) is 40.6 Å². The molecule has 1 fully saturated rings. The molecular formula is C44H55N3O6Si. The van der Waals surface area contributed by atoms with Crippen LogP contribution in [0, 0.1) is 0 Å². The topological polar surface area (TPSA) is 134 Å². The van der Waals surface area contributed by atoms with E-state index in [1.807, 2.05) is 34.9 Å². The summed E-state index contributed by atoms with van der Waals surface area (Å²) in [5.41, 5.74) is 4.28. The highest BCUT2D eigenvalue weighted by Crippen LogP contribution is 2.42.